The van der Waals surface area contributed by atoms with E-state index in [9.17, 15) is 8.42 Å². The monoisotopic (exact) mass is 379 g/mol. The van der Waals surface area contributed by atoms with Crippen LogP contribution in [0.1, 0.15) is 32.3 Å². The number of benzene rings is 1. The number of halogens is 2. The Bertz CT molecular complexity index is 585. The average Bonchev–Trinajstić information content (AvgIpc) is 3.19. The Morgan fingerprint density at radius 2 is 2.05 bits per heavy atom. The van der Waals surface area contributed by atoms with Gasteiger partial charge in [-0.3, -0.25) is 0 Å². The van der Waals surface area contributed by atoms with Gasteiger partial charge in [-0.15, -0.1) is 11.6 Å². The Morgan fingerprint density at radius 3 is 2.50 bits per heavy atom. The van der Waals surface area contributed by atoms with E-state index in [4.69, 9.17) is 11.6 Å². The standard InChI is InChI=1S/C14H19BrClNO2S/c1-10(2)9-17(12-4-5-12)20(18,19)14-6-3-11(8-16)7-13(14)15/h3,6-7,10,12H,4-5,8-9H2,1-2H3. The van der Waals surface area contributed by atoms with Crippen LogP contribution in [0, 0.1) is 5.92 Å². The van der Waals surface area contributed by atoms with E-state index in [0.29, 0.717) is 27.7 Å². The lowest BCUT2D eigenvalue weighted by Crippen LogP contribution is -2.36. The summed E-state index contributed by atoms with van der Waals surface area (Å²) in [7, 11) is -3.45. The molecule has 3 nitrogen and oxygen atoms in total. The van der Waals surface area contributed by atoms with Gasteiger partial charge in [-0.05, 0) is 52.4 Å². The van der Waals surface area contributed by atoms with Crippen LogP contribution >= 0.6 is 27.5 Å². The van der Waals surface area contributed by atoms with Crippen molar-refractivity contribution in [2.45, 2.75) is 43.5 Å². The van der Waals surface area contributed by atoms with Crippen LogP contribution in [0.15, 0.2) is 27.6 Å². The van der Waals surface area contributed by atoms with Gasteiger partial charge in [-0.1, -0.05) is 19.9 Å². The fourth-order valence-corrected chi connectivity index (χ4v) is 5.23. The summed E-state index contributed by atoms with van der Waals surface area (Å²) in [6, 6.07) is 5.36. The molecule has 0 saturated heterocycles. The first kappa shape index (κ1) is 16.3. The zero-order valence-electron chi connectivity index (χ0n) is 11.6. The van der Waals surface area contributed by atoms with Crippen LogP contribution in [0.3, 0.4) is 0 Å². The highest BCUT2D eigenvalue weighted by Gasteiger charge is 2.38. The van der Waals surface area contributed by atoms with E-state index in [1.165, 1.54) is 0 Å². The van der Waals surface area contributed by atoms with Crippen molar-refractivity contribution >= 4 is 37.6 Å². The van der Waals surface area contributed by atoms with E-state index >= 15 is 0 Å². The number of hydrogen-bond acceptors (Lipinski definition) is 2. The third-order valence-corrected chi connectivity index (χ3v) is 6.44. The van der Waals surface area contributed by atoms with Crippen molar-refractivity contribution in [3.63, 3.8) is 0 Å². The molecule has 1 aromatic rings. The van der Waals surface area contributed by atoms with E-state index in [1.807, 2.05) is 13.8 Å². The topological polar surface area (TPSA) is 37.4 Å². The Balaban J connectivity index is 2.37. The van der Waals surface area contributed by atoms with Crippen LogP contribution < -0.4 is 0 Å². The summed E-state index contributed by atoms with van der Waals surface area (Å²) in [5, 5.41) is 0. The second kappa shape index (κ2) is 6.34. The van der Waals surface area contributed by atoms with Crippen LogP contribution in [0.4, 0.5) is 0 Å². The Kier molecular flexibility index (Phi) is 5.16. The summed E-state index contributed by atoms with van der Waals surface area (Å²) in [5.41, 5.74) is 0.902. The van der Waals surface area contributed by atoms with Crippen molar-refractivity contribution in [2.75, 3.05) is 6.54 Å². The van der Waals surface area contributed by atoms with Gasteiger partial charge in [0.25, 0.3) is 0 Å². The van der Waals surface area contributed by atoms with Gasteiger partial charge in [0.1, 0.15) is 0 Å². The molecule has 0 aliphatic heterocycles. The fraction of sp³-hybridized carbons (Fsp3) is 0.571. The average molecular weight is 381 g/mol. The number of rotatable bonds is 6. The molecule has 2 rings (SSSR count). The van der Waals surface area contributed by atoms with E-state index in [1.54, 1.807) is 22.5 Å². The van der Waals surface area contributed by atoms with Gasteiger partial charge >= 0.3 is 0 Å². The molecule has 1 aromatic carbocycles. The van der Waals surface area contributed by atoms with Crippen molar-refractivity contribution in [3.8, 4) is 0 Å². The lowest BCUT2D eigenvalue weighted by atomic mass is 10.2. The number of hydrogen-bond donors (Lipinski definition) is 0. The second-order valence-corrected chi connectivity index (χ2v) is 8.58. The molecule has 1 aliphatic rings. The maximum absolute atomic E-state index is 12.8. The van der Waals surface area contributed by atoms with E-state index in [2.05, 4.69) is 15.9 Å². The molecule has 0 heterocycles. The third-order valence-electron chi connectivity index (χ3n) is 3.24. The maximum atomic E-state index is 12.8. The van der Waals surface area contributed by atoms with Crippen LogP contribution in [-0.4, -0.2) is 25.3 Å². The van der Waals surface area contributed by atoms with Crippen LogP contribution in [0.5, 0.6) is 0 Å². The molecule has 0 atom stereocenters. The SMILES string of the molecule is CC(C)CN(C1CC1)S(=O)(=O)c1ccc(CCl)cc1Br. The molecule has 1 fully saturated rings. The normalized spacial score (nSPS) is 16.1. The van der Waals surface area contributed by atoms with Crippen molar-refractivity contribution < 1.29 is 8.42 Å². The minimum atomic E-state index is -3.45. The molecule has 20 heavy (non-hydrogen) atoms. The first-order valence-electron chi connectivity index (χ1n) is 6.72. The number of sulfonamides is 1. The Labute approximate surface area is 134 Å². The molecule has 0 N–H and O–H groups in total. The van der Waals surface area contributed by atoms with Gasteiger partial charge < -0.3 is 0 Å². The van der Waals surface area contributed by atoms with E-state index in [0.717, 1.165) is 18.4 Å². The predicted molar refractivity (Wildman–Crippen MR) is 85.5 cm³/mol. The highest BCUT2D eigenvalue weighted by atomic mass is 79.9. The molecule has 0 spiro atoms. The molecule has 0 amide bonds. The van der Waals surface area contributed by atoms with Gasteiger partial charge in [0.15, 0.2) is 0 Å². The molecule has 112 valence electrons. The highest BCUT2D eigenvalue weighted by Crippen LogP contribution is 2.35. The quantitative estimate of drug-likeness (QED) is 0.700. The number of alkyl halides is 1. The third kappa shape index (κ3) is 3.56. The lowest BCUT2D eigenvalue weighted by Gasteiger charge is -2.24. The van der Waals surface area contributed by atoms with Crippen molar-refractivity contribution in [1.82, 2.24) is 4.31 Å². The van der Waals surface area contributed by atoms with Gasteiger partial charge in [-0.2, -0.15) is 4.31 Å². The zero-order valence-corrected chi connectivity index (χ0v) is 14.8. The maximum Gasteiger partial charge on any atom is 0.244 e. The molecule has 0 radical (unpaired) electrons. The predicted octanol–water partition coefficient (Wildman–Crippen LogP) is 4.00. The van der Waals surface area contributed by atoms with Gasteiger partial charge in [0.05, 0.1) is 4.90 Å². The molecular weight excluding hydrogens is 362 g/mol. The van der Waals surface area contributed by atoms with Gasteiger partial charge in [0, 0.05) is 22.9 Å². The van der Waals surface area contributed by atoms with Crippen molar-refractivity contribution in [3.05, 3.63) is 28.2 Å². The first-order valence-corrected chi connectivity index (χ1v) is 9.49. The zero-order chi connectivity index (χ0) is 14.9. The lowest BCUT2D eigenvalue weighted by molar-refractivity contribution is 0.360. The van der Waals surface area contributed by atoms with E-state index in [-0.39, 0.29) is 6.04 Å². The summed E-state index contributed by atoms with van der Waals surface area (Å²) >= 11 is 9.14. The van der Waals surface area contributed by atoms with Gasteiger partial charge in [0.2, 0.25) is 10.0 Å². The Morgan fingerprint density at radius 1 is 1.40 bits per heavy atom. The molecule has 1 saturated carbocycles. The summed E-state index contributed by atoms with van der Waals surface area (Å²) < 4.78 is 27.9. The van der Waals surface area contributed by atoms with E-state index < -0.39 is 10.0 Å². The molecule has 1 aliphatic carbocycles. The minimum absolute atomic E-state index is 0.169. The molecule has 6 heteroatoms. The molecular formula is C14H19BrClNO2S. The van der Waals surface area contributed by atoms with Crippen LogP contribution in [-0.2, 0) is 15.9 Å². The molecule has 0 bridgehead atoms. The highest BCUT2D eigenvalue weighted by molar-refractivity contribution is 9.10. The summed E-state index contributed by atoms with van der Waals surface area (Å²) in [5.74, 6) is 0.684. The molecule has 0 unspecified atom stereocenters. The molecule has 0 aromatic heterocycles. The largest absolute Gasteiger partial charge is 0.244 e. The Hall–Kier alpha value is -0.100. The van der Waals surface area contributed by atoms with Crippen molar-refractivity contribution in [2.24, 2.45) is 5.92 Å². The van der Waals surface area contributed by atoms with Crippen LogP contribution in [0.25, 0.3) is 0 Å². The van der Waals surface area contributed by atoms with Gasteiger partial charge in [-0.25, -0.2) is 8.42 Å². The summed E-state index contributed by atoms with van der Waals surface area (Å²) in [6.45, 7) is 4.64. The fourth-order valence-electron chi connectivity index (χ4n) is 2.13. The number of nitrogens with zero attached hydrogens (tertiary/aromatic N) is 1. The van der Waals surface area contributed by atoms with Crippen molar-refractivity contribution in [1.29, 1.82) is 0 Å². The smallest absolute Gasteiger partial charge is 0.207 e. The van der Waals surface area contributed by atoms with Crippen LogP contribution in [0.2, 0.25) is 0 Å². The summed E-state index contributed by atoms with van der Waals surface area (Å²) in [6.07, 6.45) is 1.92. The summed E-state index contributed by atoms with van der Waals surface area (Å²) in [4.78, 5) is 0.332. The minimum Gasteiger partial charge on any atom is -0.207 e. The second-order valence-electron chi connectivity index (χ2n) is 5.60. The first-order chi connectivity index (χ1) is 9.36.